The van der Waals surface area contributed by atoms with E-state index in [1.54, 1.807) is 24.4 Å². The molecule has 0 radical (unpaired) electrons. The molecule has 0 spiro atoms. The van der Waals surface area contributed by atoms with Crippen LogP contribution in [0.25, 0.3) is 11.1 Å². The lowest BCUT2D eigenvalue weighted by atomic mass is 9.99. The van der Waals surface area contributed by atoms with E-state index in [1.165, 1.54) is 11.0 Å². The zero-order valence-electron chi connectivity index (χ0n) is 19.7. The number of likely N-dealkylation sites (tertiary alicyclic amines) is 1. The van der Waals surface area contributed by atoms with E-state index in [0.29, 0.717) is 29.3 Å². The molecule has 184 valence electrons. The standard InChI is InChI=1S/C28H25ClFN3O3/c1-17-2-3-18(13-31-17)14-32-26(34)9-8-24-11-22-10-21(12-25(29)27(22)36-24)19-4-6-20(7-5-19)28(35)33-15-23(30)16-33/h2-10,12-13,23-24H,11,14-16H2,1H3,(H,32,34). The van der Waals surface area contributed by atoms with E-state index in [4.69, 9.17) is 16.3 Å². The fourth-order valence-electron chi connectivity index (χ4n) is 4.24. The number of hydrogen-bond acceptors (Lipinski definition) is 4. The van der Waals surface area contributed by atoms with Gasteiger partial charge in [0.2, 0.25) is 5.91 Å². The Kier molecular flexibility index (Phi) is 6.74. The first kappa shape index (κ1) is 24.0. The summed E-state index contributed by atoms with van der Waals surface area (Å²) in [6.45, 7) is 2.62. The Labute approximate surface area is 213 Å². The molecule has 1 N–H and O–H groups in total. The van der Waals surface area contributed by atoms with E-state index < -0.39 is 6.17 Å². The summed E-state index contributed by atoms with van der Waals surface area (Å²) in [5.41, 5.74) is 5.15. The van der Waals surface area contributed by atoms with Crippen molar-refractivity contribution in [2.45, 2.75) is 32.2 Å². The van der Waals surface area contributed by atoms with Crippen LogP contribution in [0.1, 0.15) is 27.2 Å². The van der Waals surface area contributed by atoms with Gasteiger partial charge in [0.05, 0.1) is 18.1 Å². The van der Waals surface area contributed by atoms with Crippen LogP contribution in [0.3, 0.4) is 0 Å². The molecule has 1 unspecified atom stereocenters. The Morgan fingerprint density at radius 2 is 1.94 bits per heavy atom. The minimum absolute atomic E-state index is 0.155. The summed E-state index contributed by atoms with van der Waals surface area (Å²) in [4.78, 5) is 30.3. The van der Waals surface area contributed by atoms with Gasteiger partial charge in [0.15, 0.2) is 0 Å². The molecule has 1 aromatic heterocycles. The number of carbonyl (C=O) groups excluding carboxylic acids is 2. The summed E-state index contributed by atoms with van der Waals surface area (Å²) < 4.78 is 19.0. The van der Waals surface area contributed by atoms with Gasteiger partial charge >= 0.3 is 0 Å². The summed E-state index contributed by atoms with van der Waals surface area (Å²) >= 11 is 6.51. The molecule has 1 fully saturated rings. The molecule has 1 saturated heterocycles. The van der Waals surface area contributed by atoms with Gasteiger partial charge < -0.3 is 15.0 Å². The molecule has 1 atom stereocenters. The van der Waals surface area contributed by atoms with E-state index in [0.717, 1.165) is 27.9 Å². The minimum atomic E-state index is -0.923. The Hall–Kier alpha value is -3.71. The van der Waals surface area contributed by atoms with Crippen LogP contribution in [-0.4, -0.2) is 47.1 Å². The van der Waals surface area contributed by atoms with Gasteiger partial charge in [0.1, 0.15) is 18.0 Å². The molecule has 3 aromatic rings. The van der Waals surface area contributed by atoms with Crippen LogP contribution in [0.15, 0.2) is 66.9 Å². The number of carbonyl (C=O) groups is 2. The van der Waals surface area contributed by atoms with Crippen molar-refractivity contribution in [1.82, 2.24) is 15.2 Å². The maximum absolute atomic E-state index is 13.1. The van der Waals surface area contributed by atoms with Crippen molar-refractivity contribution in [2.24, 2.45) is 0 Å². The van der Waals surface area contributed by atoms with Crippen LogP contribution in [0.5, 0.6) is 5.75 Å². The lowest BCUT2D eigenvalue weighted by molar-refractivity contribution is -0.116. The van der Waals surface area contributed by atoms with E-state index in [9.17, 15) is 14.0 Å². The highest BCUT2D eigenvalue weighted by Crippen LogP contribution is 2.40. The highest BCUT2D eigenvalue weighted by molar-refractivity contribution is 6.32. The van der Waals surface area contributed by atoms with Crippen molar-refractivity contribution in [1.29, 1.82) is 0 Å². The first-order valence-corrected chi connectivity index (χ1v) is 12.1. The van der Waals surface area contributed by atoms with Gasteiger partial charge in [-0.25, -0.2) is 4.39 Å². The second-order valence-electron chi connectivity index (χ2n) is 9.08. The monoisotopic (exact) mass is 505 g/mol. The van der Waals surface area contributed by atoms with Crippen LogP contribution < -0.4 is 10.1 Å². The zero-order valence-corrected chi connectivity index (χ0v) is 20.5. The van der Waals surface area contributed by atoms with Crippen LogP contribution >= 0.6 is 11.6 Å². The number of aromatic nitrogens is 1. The maximum Gasteiger partial charge on any atom is 0.254 e. The molecule has 2 aliphatic rings. The van der Waals surface area contributed by atoms with Gasteiger partial charge in [0, 0.05) is 42.1 Å². The number of pyridine rings is 1. The molecule has 0 saturated carbocycles. The van der Waals surface area contributed by atoms with Crippen LogP contribution in [0.4, 0.5) is 4.39 Å². The number of halogens is 2. The van der Waals surface area contributed by atoms with E-state index in [-0.39, 0.29) is 31.0 Å². The average Bonchev–Trinajstić information content (AvgIpc) is 3.29. The summed E-state index contributed by atoms with van der Waals surface area (Å²) in [6, 6.07) is 14.9. The first-order valence-electron chi connectivity index (χ1n) is 11.8. The van der Waals surface area contributed by atoms with Crippen molar-refractivity contribution < 1.29 is 18.7 Å². The lowest BCUT2D eigenvalue weighted by Gasteiger charge is -2.34. The molecule has 8 heteroatoms. The molecule has 36 heavy (non-hydrogen) atoms. The summed E-state index contributed by atoms with van der Waals surface area (Å²) in [5, 5.41) is 3.33. The summed E-state index contributed by atoms with van der Waals surface area (Å²) in [6.07, 6.45) is 4.32. The number of benzene rings is 2. The van der Waals surface area contributed by atoms with Crippen LogP contribution in [0.2, 0.25) is 5.02 Å². The van der Waals surface area contributed by atoms with E-state index >= 15 is 0 Å². The van der Waals surface area contributed by atoms with Gasteiger partial charge in [-0.3, -0.25) is 14.6 Å². The topological polar surface area (TPSA) is 71.5 Å². The molecule has 0 bridgehead atoms. The third-order valence-corrected chi connectivity index (χ3v) is 6.58. The van der Waals surface area contributed by atoms with Gasteiger partial charge in [-0.1, -0.05) is 29.8 Å². The Morgan fingerprint density at radius 1 is 1.17 bits per heavy atom. The normalized spacial score (nSPS) is 17.0. The molecule has 6 nitrogen and oxygen atoms in total. The maximum atomic E-state index is 13.1. The fourth-order valence-corrected chi connectivity index (χ4v) is 4.53. The number of alkyl halides is 1. The summed E-state index contributed by atoms with van der Waals surface area (Å²) in [5.74, 6) is 0.244. The molecular weight excluding hydrogens is 481 g/mol. The van der Waals surface area contributed by atoms with E-state index in [2.05, 4.69) is 10.3 Å². The molecule has 5 rings (SSSR count). The number of fused-ring (bicyclic) bond motifs is 1. The number of nitrogens with zero attached hydrogens (tertiary/aromatic N) is 2. The fraction of sp³-hybridized carbons (Fsp3) is 0.250. The van der Waals surface area contributed by atoms with Crippen molar-refractivity contribution in [3.8, 4) is 16.9 Å². The minimum Gasteiger partial charge on any atom is -0.484 e. The van der Waals surface area contributed by atoms with Crippen molar-refractivity contribution in [3.63, 3.8) is 0 Å². The predicted octanol–water partition coefficient (Wildman–Crippen LogP) is 4.68. The molecule has 2 aliphatic heterocycles. The quantitative estimate of drug-likeness (QED) is 0.494. The Morgan fingerprint density at radius 3 is 2.64 bits per heavy atom. The average molecular weight is 506 g/mol. The highest BCUT2D eigenvalue weighted by Gasteiger charge is 2.31. The number of rotatable bonds is 6. The molecular formula is C28H25ClFN3O3. The second kappa shape index (κ2) is 10.1. The highest BCUT2D eigenvalue weighted by atomic mass is 35.5. The first-order chi connectivity index (χ1) is 17.4. The van der Waals surface area contributed by atoms with Gasteiger partial charge in [-0.05, 0) is 60.0 Å². The van der Waals surface area contributed by atoms with Crippen LogP contribution in [0, 0.1) is 6.92 Å². The van der Waals surface area contributed by atoms with Crippen molar-refractivity contribution >= 4 is 23.4 Å². The summed E-state index contributed by atoms with van der Waals surface area (Å²) in [7, 11) is 0. The third kappa shape index (κ3) is 5.26. The molecule has 2 aromatic carbocycles. The lowest BCUT2D eigenvalue weighted by Crippen LogP contribution is -2.51. The number of amides is 2. The van der Waals surface area contributed by atoms with E-state index in [1.807, 2.05) is 43.3 Å². The van der Waals surface area contributed by atoms with Crippen molar-refractivity contribution in [3.05, 3.63) is 94.3 Å². The SMILES string of the molecule is Cc1ccc(CNC(=O)C=CC2Cc3cc(-c4ccc(C(=O)N5CC(F)C5)cc4)cc(Cl)c3O2)cn1. The predicted molar refractivity (Wildman–Crippen MR) is 136 cm³/mol. The number of hydrogen-bond donors (Lipinski definition) is 1. The largest absolute Gasteiger partial charge is 0.484 e. The van der Waals surface area contributed by atoms with Gasteiger partial charge in [-0.2, -0.15) is 0 Å². The molecule has 2 amide bonds. The van der Waals surface area contributed by atoms with Gasteiger partial charge in [0.25, 0.3) is 5.91 Å². The second-order valence-corrected chi connectivity index (χ2v) is 9.48. The zero-order chi connectivity index (χ0) is 25.2. The number of aryl methyl sites for hydroxylation is 1. The van der Waals surface area contributed by atoms with Gasteiger partial charge in [-0.15, -0.1) is 0 Å². The molecule has 0 aliphatic carbocycles. The van der Waals surface area contributed by atoms with Crippen LogP contribution in [-0.2, 0) is 17.8 Å². The number of nitrogens with one attached hydrogen (secondary N) is 1. The van der Waals surface area contributed by atoms with Crippen molar-refractivity contribution in [2.75, 3.05) is 13.1 Å². The Bertz CT molecular complexity index is 1320. The Balaban J connectivity index is 1.20. The molecule has 3 heterocycles. The third-order valence-electron chi connectivity index (χ3n) is 6.30. The number of ether oxygens (including phenoxy) is 1. The smallest absolute Gasteiger partial charge is 0.254 e.